The standard InChI is InChI=1S/C18H15N3OS/c1-22-16-4-2-3-14(21-16)9-13-10-20-18-17(13)15(5-7-19-18)12-6-8-23-11-12/h2-8,10-11H,9H2,1H3,(H,19,20). The third kappa shape index (κ3) is 2.59. The highest BCUT2D eigenvalue weighted by Gasteiger charge is 2.12. The average molecular weight is 321 g/mol. The SMILES string of the molecule is COc1cccc(Cc2c[nH]c3nccc(-c4ccsc4)c23)n1. The van der Waals surface area contributed by atoms with Crippen molar-refractivity contribution in [1.29, 1.82) is 0 Å². The average Bonchev–Trinajstić information content (AvgIpc) is 3.25. The Labute approximate surface area is 137 Å². The normalized spacial score (nSPS) is 11.0. The van der Waals surface area contributed by atoms with Crippen LogP contribution in [0.2, 0.25) is 0 Å². The maximum Gasteiger partial charge on any atom is 0.213 e. The molecular weight excluding hydrogens is 306 g/mol. The number of H-pyrrole nitrogens is 1. The number of methoxy groups -OCH3 is 1. The molecule has 0 aliphatic heterocycles. The van der Waals surface area contributed by atoms with Crippen molar-refractivity contribution in [3.05, 3.63) is 64.7 Å². The molecule has 4 nitrogen and oxygen atoms in total. The van der Waals surface area contributed by atoms with Crippen molar-refractivity contribution in [3.63, 3.8) is 0 Å². The van der Waals surface area contributed by atoms with Crippen LogP contribution < -0.4 is 4.74 Å². The van der Waals surface area contributed by atoms with Crippen molar-refractivity contribution >= 4 is 22.4 Å². The fourth-order valence-electron chi connectivity index (χ4n) is 2.79. The van der Waals surface area contributed by atoms with Gasteiger partial charge < -0.3 is 9.72 Å². The summed E-state index contributed by atoms with van der Waals surface area (Å²) in [7, 11) is 1.64. The van der Waals surface area contributed by atoms with Gasteiger partial charge >= 0.3 is 0 Å². The molecule has 0 spiro atoms. The van der Waals surface area contributed by atoms with Gasteiger partial charge in [-0.3, -0.25) is 0 Å². The van der Waals surface area contributed by atoms with Crippen LogP contribution in [0.25, 0.3) is 22.2 Å². The van der Waals surface area contributed by atoms with Crippen molar-refractivity contribution in [1.82, 2.24) is 15.0 Å². The quantitative estimate of drug-likeness (QED) is 0.610. The number of hydrogen-bond donors (Lipinski definition) is 1. The molecule has 0 aromatic carbocycles. The van der Waals surface area contributed by atoms with Crippen LogP contribution in [0.4, 0.5) is 0 Å². The van der Waals surface area contributed by atoms with Crippen LogP contribution in [0.3, 0.4) is 0 Å². The molecule has 0 aliphatic carbocycles. The van der Waals surface area contributed by atoms with Crippen molar-refractivity contribution < 1.29 is 4.74 Å². The first kappa shape index (κ1) is 14.0. The van der Waals surface area contributed by atoms with Crippen LogP contribution in [-0.4, -0.2) is 22.1 Å². The number of hydrogen-bond acceptors (Lipinski definition) is 4. The summed E-state index contributed by atoms with van der Waals surface area (Å²) in [4.78, 5) is 12.2. The van der Waals surface area contributed by atoms with Crippen LogP contribution in [0.15, 0.2) is 53.5 Å². The van der Waals surface area contributed by atoms with Crippen molar-refractivity contribution in [2.45, 2.75) is 6.42 Å². The second-order valence-electron chi connectivity index (χ2n) is 5.26. The lowest BCUT2D eigenvalue weighted by molar-refractivity contribution is 0.396. The number of aromatic nitrogens is 3. The first-order chi connectivity index (χ1) is 11.3. The zero-order valence-electron chi connectivity index (χ0n) is 12.6. The molecule has 114 valence electrons. The molecule has 0 saturated carbocycles. The van der Waals surface area contributed by atoms with Crippen LogP contribution >= 0.6 is 11.3 Å². The summed E-state index contributed by atoms with van der Waals surface area (Å²) in [6, 6.07) is 10.0. The number of nitrogens with one attached hydrogen (secondary N) is 1. The van der Waals surface area contributed by atoms with E-state index in [9.17, 15) is 0 Å². The summed E-state index contributed by atoms with van der Waals surface area (Å²) in [5.41, 5.74) is 5.50. The van der Waals surface area contributed by atoms with E-state index in [2.05, 4.69) is 37.8 Å². The van der Waals surface area contributed by atoms with Gasteiger partial charge in [0.25, 0.3) is 0 Å². The van der Waals surface area contributed by atoms with Gasteiger partial charge in [0.05, 0.1) is 7.11 Å². The van der Waals surface area contributed by atoms with Gasteiger partial charge in [0.15, 0.2) is 0 Å². The molecule has 1 N–H and O–H groups in total. The molecule has 5 heteroatoms. The zero-order valence-corrected chi connectivity index (χ0v) is 13.4. The molecule has 0 fully saturated rings. The predicted molar refractivity (Wildman–Crippen MR) is 93.0 cm³/mol. The maximum absolute atomic E-state index is 5.21. The van der Waals surface area contributed by atoms with Crippen LogP contribution in [0.5, 0.6) is 5.88 Å². The van der Waals surface area contributed by atoms with Crippen LogP contribution in [0.1, 0.15) is 11.3 Å². The van der Waals surface area contributed by atoms with Gasteiger partial charge in [-0.15, -0.1) is 0 Å². The fourth-order valence-corrected chi connectivity index (χ4v) is 3.44. The van der Waals surface area contributed by atoms with Gasteiger partial charge in [0.1, 0.15) is 5.65 Å². The van der Waals surface area contributed by atoms with Gasteiger partial charge in [-0.25, -0.2) is 9.97 Å². The van der Waals surface area contributed by atoms with E-state index in [0.29, 0.717) is 5.88 Å². The highest BCUT2D eigenvalue weighted by molar-refractivity contribution is 7.08. The number of nitrogens with zero attached hydrogens (tertiary/aromatic N) is 2. The number of ether oxygens (including phenoxy) is 1. The molecule has 4 heterocycles. The van der Waals surface area contributed by atoms with E-state index >= 15 is 0 Å². The second-order valence-corrected chi connectivity index (χ2v) is 6.04. The van der Waals surface area contributed by atoms with Gasteiger partial charge in [-0.05, 0) is 45.6 Å². The molecular formula is C18H15N3OS. The highest BCUT2D eigenvalue weighted by atomic mass is 32.1. The largest absolute Gasteiger partial charge is 0.481 e. The van der Waals surface area contributed by atoms with Crippen molar-refractivity contribution in [2.24, 2.45) is 0 Å². The first-order valence-corrected chi connectivity index (χ1v) is 8.27. The maximum atomic E-state index is 5.21. The predicted octanol–water partition coefficient (Wildman–Crippen LogP) is 4.29. The molecule has 0 aliphatic rings. The molecule has 4 rings (SSSR count). The molecule has 0 unspecified atom stereocenters. The lowest BCUT2D eigenvalue weighted by Crippen LogP contribution is -1.95. The minimum absolute atomic E-state index is 0.638. The molecule has 0 radical (unpaired) electrons. The van der Waals surface area contributed by atoms with E-state index in [4.69, 9.17) is 4.74 Å². The smallest absolute Gasteiger partial charge is 0.213 e. The molecule has 0 atom stereocenters. The summed E-state index contributed by atoms with van der Waals surface area (Å²) < 4.78 is 5.21. The Morgan fingerprint density at radius 3 is 3.00 bits per heavy atom. The number of aromatic amines is 1. The molecule has 4 aromatic heterocycles. The minimum Gasteiger partial charge on any atom is -0.481 e. The molecule has 23 heavy (non-hydrogen) atoms. The molecule has 0 saturated heterocycles. The zero-order chi connectivity index (χ0) is 15.6. The molecule has 0 amide bonds. The van der Waals surface area contributed by atoms with E-state index in [0.717, 1.165) is 23.1 Å². The number of pyridine rings is 2. The van der Waals surface area contributed by atoms with Gasteiger partial charge in [0.2, 0.25) is 5.88 Å². The summed E-state index contributed by atoms with van der Waals surface area (Å²) in [5, 5.41) is 5.42. The molecule has 4 aromatic rings. The number of thiophene rings is 1. The Hall–Kier alpha value is -2.66. The van der Waals surface area contributed by atoms with Crippen molar-refractivity contribution in [2.75, 3.05) is 7.11 Å². The Kier molecular flexibility index (Phi) is 3.55. The lowest BCUT2D eigenvalue weighted by atomic mass is 10.0. The van der Waals surface area contributed by atoms with Gasteiger partial charge in [-0.1, -0.05) is 6.07 Å². The summed E-state index contributed by atoms with van der Waals surface area (Å²) in [5.74, 6) is 0.638. The van der Waals surface area contributed by atoms with E-state index in [1.807, 2.05) is 30.6 Å². The van der Waals surface area contributed by atoms with E-state index in [-0.39, 0.29) is 0 Å². The fraction of sp³-hybridized carbons (Fsp3) is 0.111. The Balaban J connectivity index is 1.81. The summed E-state index contributed by atoms with van der Waals surface area (Å²) in [6.45, 7) is 0. The van der Waals surface area contributed by atoms with E-state index in [1.54, 1.807) is 18.4 Å². The number of rotatable bonds is 4. The van der Waals surface area contributed by atoms with E-state index < -0.39 is 0 Å². The van der Waals surface area contributed by atoms with Gasteiger partial charge in [-0.2, -0.15) is 11.3 Å². The first-order valence-electron chi connectivity index (χ1n) is 7.32. The Morgan fingerprint density at radius 2 is 2.17 bits per heavy atom. The molecule has 0 bridgehead atoms. The highest BCUT2D eigenvalue weighted by Crippen LogP contribution is 2.32. The third-order valence-electron chi connectivity index (χ3n) is 3.85. The second kappa shape index (κ2) is 5.85. The minimum atomic E-state index is 0.638. The summed E-state index contributed by atoms with van der Waals surface area (Å²) in [6.07, 6.45) is 4.61. The number of fused-ring (bicyclic) bond motifs is 1. The van der Waals surface area contributed by atoms with Crippen LogP contribution in [0, 0.1) is 0 Å². The summed E-state index contributed by atoms with van der Waals surface area (Å²) >= 11 is 1.70. The third-order valence-corrected chi connectivity index (χ3v) is 4.53. The van der Waals surface area contributed by atoms with Crippen molar-refractivity contribution in [3.8, 4) is 17.0 Å². The van der Waals surface area contributed by atoms with E-state index in [1.165, 1.54) is 16.7 Å². The topological polar surface area (TPSA) is 50.8 Å². The van der Waals surface area contributed by atoms with Crippen LogP contribution in [-0.2, 0) is 6.42 Å². The Morgan fingerprint density at radius 1 is 1.22 bits per heavy atom. The lowest BCUT2D eigenvalue weighted by Gasteiger charge is -2.05. The Bertz CT molecular complexity index is 944. The van der Waals surface area contributed by atoms with Gasteiger partial charge in [0, 0.05) is 36.0 Å². The monoisotopic (exact) mass is 321 g/mol.